The van der Waals surface area contributed by atoms with Crippen LogP contribution < -0.4 is 10.6 Å². The number of aliphatic hydroxyl groups excluding tert-OH is 1. The summed E-state index contributed by atoms with van der Waals surface area (Å²) in [7, 11) is 1.82. The zero-order chi connectivity index (χ0) is 14.5. The van der Waals surface area contributed by atoms with Gasteiger partial charge in [-0.1, -0.05) is 6.92 Å². The van der Waals surface area contributed by atoms with Crippen molar-refractivity contribution in [2.24, 2.45) is 0 Å². The maximum atomic E-state index is 9.80. The lowest BCUT2D eigenvalue weighted by Crippen LogP contribution is -2.37. The van der Waals surface area contributed by atoms with Crippen molar-refractivity contribution in [2.45, 2.75) is 39.2 Å². The van der Waals surface area contributed by atoms with E-state index in [0.29, 0.717) is 5.82 Å². The third-order valence-electron chi connectivity index (χ3n) is 2.88. The van der Waals surface area contributed by atoms with E-state index in [0.717, 1.165) is 30.0 Å². The monoisotopic (exact) mass is 268 g/mol. The Labute approximate surface area is 114 Å². The van der Waals surface area contributed by atoms with Crippen LogP contribution in [-0.2, 0) is 6.42 Å². The molecule has 0 aliphatic rings. The van der Waals surface area contributed by atoms with Gasteiger partial charge in [-0.25, -0.2) is 9.97 Å². The first-order valence-corrected chi connectivity index (χ1v) is 6.56. The molecule has 19 heavy (non-hydrogen) atoms. The molecule has 0 bridgehead atoms. The number of rotatable bonds is 7. The van der Waals surface area contributed by atoms with E-state index in [1.54, 1.807) is 6.92 Å². The Morgan fingerprint density at radius 1 is 1.26 bits per heavy atom. The Morgan fingerprint density at radius 2 is 1.89 bits per heavy atom. The predicted octanol–water partition coefficient (Wildman–Crippen LogP) is 0.934. The molecule has 0 saturated carbocycles. The molecule has 108 valence electrons. The van der Waals surface area contributed by atoms with E-state index in [9.17, 15) is 5.11 Å². The molecule has 1 aromatic heterocycles. The van der Waals surface area contributed by atoms with Crippen LogP contribution >= 0.6 is 0 Å². The summed E-state index contributed by atoms with van der Waals surface area (Å²) in [6.45, 7) is 5.49. The van der Waals surface area contributed by atoms with Gasteiger partial charge in [0.15, 0.2) is 0 Å². The molecule has 1 atom stereocenters. The molecule has 0 aliphatic carbocycles. The standard InChI is InChI=1S/C13H24N4O2/c1-5-6-10-16-11(14-4)9(2)12(17-10)15-7-13(3,19)8-18/h18-19H,5-8H2,1-4H3,(H2,14,15,16,17). The van der Waals surface area contributed by atoms with E-state index in [4.69, 9.17) is 5.11 Å². The fourth-order valence-electron chi connectivity index (χ4n) is 1.64. The summed E-state index contributed by atoms with van der Waals surface area (Å²) in [5, 5.41) is 25.0. The third-order valence-corrected chi connectivity index (χ3v) is 2.88. The minimum Gasteiger partial charge on any atom is -0.393 e. The minimum absolute atomic E-state index is 0.232. The average Bonchev–Trinajstić information content (AvgIpc) is 2.39. The van der Waals surface area contributed by atoms with E-state index in [1.807, 2.05) is 14.0 Å². The van der Waals surface area contributed by atoms with Crippen LogP contribution in [-0.4, -0.2) is 46.0 Å². The minimum atomic E-state index is -1.16. The van der Waals surface area contributed by atoms with Crippen LogP contribution in [0.15, 0.2) is 0 Å². The number of anilines is 2. The van der Waals surface area contributed by atoms with Crippen molar-refractivity contribution >= 4 is 11.6 Å². The third kappa shape index (κ3) is 4.33. The van der Waals surface area contributed by atoms with E-state index in [2.05, 4.69) is 27.5 Å². The summed E-state index contributed by atoms with van der Waals surface area (Å²) in [4.78, 5) is 8.88. The summed E-state index contributed by atoms with van der Waals surface area (Å²) in [6, 6.07) is 0. The molecule has 1 heterocycles. The van der Waals surface area contributed by atoms with Crippen LogP contribution in [0.3, 0.4) is 0 Å². The maximum Gasteiger partial charge on any atom is 0.134 e. The van der Waals surface area contributed by atoms with E-state index < -0.39 is 5.60 Å². The number of hydrogen-bond donors (Lipinski definition) is 4. The van der Waals surface area contributed by atoms with Crippen molar-refractivity contribution in [3.63, 3.8) is 0 Å². The zero-order valence-electron chi connectivity index (χ0n) is 12.1. The van der Waals surface area contributed by atoms with Crippen LogP contribution in [0.2, 0.25) is 0 Å². The first kappa shape index (κ1) is 15.7. The van der Waals surface area contributed by atoms with Gasteiger partial charge in [0.25, 0.3) is 0 Å². The van der Waals surface area contributed by atoms with Crippen molar-refractivity contribution < 1.29 is 10.2 Å². The molecule has 0 amide bonds. The van der Waals surface area contributed by atoms with Gasteiger partial charge < -0.3 is 20.8 Å². The van der Waals surface area contributed by atoms with Gasteiger partial charge in [-0.2, -0.15) is 0 Å². The molecule has 1 unspecified atom stereocenters. The lowest BCUT2D eigenvalue weighted by Gasteiger charge is -2.22. The van der Waals surface area contributed by atoms with Crippen molar-refractivity contribution in [2.75, 3.05) is 30.8 Å². The first-order valence-electron chi connectivity index (χ1n) is 6.56. The number of aliphatic hydroxyl groups is 2. The summed E-state index contributed by atoms with van der Waals surface area (Å²) in [6.07, 6.45) is 1.78. The van der Waals surface area contributed by atoms with Gasteiger partial charge >= 0.3 is 0 Å². The molecule has 0 radical (unpaired) electrons. The van der Waals surface area contributed by atoms with Crippen LogP contribution in [0.25, 0.3) is 0 Å². The van der Waals surface area contributed by atoms with Gasteiger partial charge in [-0.3, -0.25) is 0 Å². The van der Waals surface area contributed by atoms with E-state index in [1.165, 1.54) is 0 Å². The molecule has 1 aromatic rings. The van der Waals surface area contributed by atoms with Crippen LogP contribution in [0, 0.1) is 6.92 Å². The van der Waals surface area contributed by atoms with Crippen LogP contribution in [0.4, 0.5) is 11.6 Å². The Balaban J connectivity index is 2.95. The lowest BCUT2D eigenvalue weighted by atomic mass is 10.1. The Kier molecular flexibility index (Phi) is 5.50. The second kappa shape index (κ2) is 6.68. The highest BCUT2D eigenvalue weighted by molar-refractivity contribution is 5.57. The van der Waals surface area contributed by atoms with Gasteiger partial charge in [0.05, 0.1) is 6.61 Å². The highest BCUT2D eigenvalue weighted by Gasteiger charge is 2.20. The van der Waals surface area contributed by atoms with Crippen molar-refractivity contribution in [3.05, 3.63) is 11.4 Å². The van der Waals surface area contributed by atoms with Gasteiger partial charge in [-0.15, -0.1) is 0 Å². The molecule has 4 N–H and O–H groups in total. The SMILES string of the molecule is CCCc1nc(NC)c(C)c(NCC(C)(O)CO)n1. The summed E-state index contributed by atoms with van der Waals surface area (Å²) in [5.74, 6) is 2.24. The van der Waals surface area contributed by atoms with Gasteiger partial charge in [-0.05, 0) is 20.3 Å². The van der Waals surface area contributed by atoms with E-state index in [-0.39, 0.29) is 13.2 Å². The Morgan fingerprint density at radius 3 is 2.42 bits per heavy atom. The molecule has 6 heteroatoms. The molecule has 1 rings (SSSR count). The van der Waals surface area contributed by atoms with Crippen LogP contribution in [0.5, 0.6) is 0 Å². The normalized spacial score (nSPS) is 14.0. The van der Waals surface area contributed by atoms with Crippen molar-refractivity contribution in [1.29, 1.82) is 0 Å². The van der Waals surface area contributed by atoms with Gasteiger partial charge in [0.2, 0.25) is 0 Å². The molecule has 0 aromatic carbocycles. The largest absolute Gasteiger partial charge is 0.393 e. The number of nitrogens with zero attached hydrogens (tertiary/aromatic N) is 2. The van der Waals surface area contributed by atoms with Crippen molar-refractivity contribution in [1.82, 2.24) is 9.97 Å². The highest BCUT2D eigenvalue weighted by Crippen LogP contribution is 2.20. The second-order valence-corrected chi connectivity index (χ2v) is 4.97. The number of aromatic nitrogens is 2. The summed E-state index contributed by atoms with van der Waals surface area (Å²) >= 11 is 0. The number of nitrogens with one attached hydrogen (secondary N) is 2. The van der Waals surface area contributed by atoms with Crippen molar-refractivity contribution in [3.8, 4) is 0 Å². The molecular weight excluding hydrogens is 244 g/mol. The smallest absolute Gasteiger partial charge is 0.134 e. The Bertz CT molecular complexity index is 421. The maximum absolute atomic E-state index is 9.80. The van der Waals surface area contributed by atoms with E-state index >= 15 is 0 Å². The van der Waals surface area contributed by atoms with Gasteiger partial charge in [0, 0.05) is 25.6 Å². The molecule has 0 fully saturated rings. The summed E-state index contributed by atoms with van der Waals surface area (Å²) < 4.78 is 0. The average molecular weight is 268 g/mol. The first-order chi connectivity index (χ1) is 8.93. The fourth-order valence-corrected chi connectivity index (χ4v) is 1.64. The molecule has 0 saturated heterocycles. The number of hydrogen-bond acceptors (Lipinski definition) is 6. The molecule has 0 aliphatic heterocycles. The van der Waals surface area contributed by atoms with Gasteiger partial charge in [0.1, 0.15) is 23.1 Å². The summed E-state index contributed by atoms with van der Waals surface area (Å²) in [5.41, 5.74) is -0.265. The Hall–Kier alpha value is -1.40. The fraction of sp³-hybridized carbons (Fsp3) is 0.692. The topological polar surface area (TPSA) is 90.3 Å². The lowest BCUT2D eigenvalue weighted by molar-refractivity contribution is 0.0131. The molecular formula is C13H24N4O2. The number of aryl methyl sites for hydroxylation is 1. The molecule has 0 spiro atoms. The molecule has 6 nitrogen and oxygen atoms in total. The second-order valence-electron chi connectivity index (χ2n) is 4.97. The predicted molar refractivity (Wildman–Crippen MR) is 76.5 cm³/mol. The quantitative estimate of drug-likeness (QED) is 0.588. The highest BCUT2D eigenvalue weighted by atomic mass is 16.3. The zero-order valence-corrected chi connectivity index (χ0v) is 12.1. The van der Waals surface area contributed by atoms with Crippen LogP contribution in [0.1, 0.15) is 31.7 Å².